The molecule has 0 saturated carbocycles. The van der Waals surface area contributed by atoms with Crippen LogP contribution in [0, 0.1) is 11.3 Å². The van der Waals surface area contributed by atoms with Crippen LogP contribution in [0.25, 0.3) is 0 Å². The van der Waals surface area contributed by atoms with Crippen molar-refractivity contribution in [3.05, 3.63) is 23.8 Å². The van der Waals surface area contributed by atoms with Gasteiger partial charge in [0.15, 0.2) is 0 Å². The Morgan fingerprint density at radius 2 is 1.74 bits per heavy atom. The molecule has 3 heterocycles. The first kappa shape index (κ1) is 27.7. The Bertz CT molecular complexity index is 1090. The van der Waals surface area contributed by atoms with Crippen LogP contribution in [-0.4, -0.2) is 90.9 Å². The molecule has 1 unspecified atom stereocenters. The zero-order valence-corrected chi connectivity index (χ0v) is 22.6. The number of benzene rings is 1. The molecular weight excluding hydrogens is 492 g/mol. The summed E-state index contributed by atoms with van der Waals surface area (Å²) in [4.78, 5) is 54.9. The number of likely N-dealkylation sites (tertiary alicyclic amines) is 2. The summed E-state index contributed by atoms with van der Waals surface area (Å²) in [6.07, 6.45) is 2.01. The quantitative estimate of drug-likeness (QED) is 0.612. The van der Waals surface area contributed by atoms with Crippen LogP contribution >= 0.6 is 0 Å². The summed E-state index contributed by atoms with van der Waals surface area (Å²) < 4.78 is 10.9. The van der Waals surface area contributed by atoms with Crippen molar-refractivity contribution in [2.24, 2.45) is 11.3 Å². The molecule has 0 aliphatic carbocycles. The van der Waals surface area contributed by atoms with Crippen molar-refractivity contribution >= 4 is 29.6 Å². The van der Waals surface area contributed by atoms with E-state index < -0.39 is 11.6 Å². The molecule has 1 aromatic carbocycles. The first-order chi connectivity index (χ1) is 18.0. The number of aliphatic hydroxyl groups is 1. The Kier molecular flexibility index (Phi) is 7.87. The number of ether oxygens (including phenoxy) is 2. The lowest BCUT2D eigenvalue weighted by Crippen LogP contribution is -2.55. The van der Waals surface area contributed by atoms with Gasteiger partial charge in [-0.1, -0.05) is 0 Å². The van der Waals surface area contributed by atoms with Crippen LogP contribution in [0.15, 0.2) is 18.2 Å². The maximum Gasteiger partial charge on any atom is 0.410 e. The molecule has 0 aromatic heterocycles. The van der Waals surface area contributed by atoms with Crippen LogP contribution in [0.1, 0.15) is 56.8 Å². The van der Waals surface area contributed by atoms with E-state index >= 15 is 0 Å². The molecule has 208 valence electrons. The van der Waals surface area contributed by atoms with E-state index in [1.165, 1.54) is 12.0 Å². The molecule has 3 saturated heterocycles. The molecule has 1 atom stereocenters. The fourth-order valence-electron chi connectivity index (χ4n) is 5.68. The fourth-order valence-corrected chi connectivity index (χ4v) is 5.68. The number of nitrogens with zero attached hydrogens (tertiary/aromatic N) is 3. The lowest BCUT2D eigenvalue weighted by atomic mass is 9.64. The van der Waals surface area contributed by atoms with Crippen molar-refractivity contribution in [3.8, 4) is 5.75 Å². The number of rotatable bonds is 4. The van der Waals surface area contributed by atoms with Crippen LogP contribution in [0.3, 0.4) is 0 Å². The van der Waals surface area contributed by atoms with Gasteiger partial charge in [-0.3, -0.25) is 19.8 Å². The van der Waals surface area contributed by atoms with Crippen molar-refractivity contribution < 1.29 is 33.8 Å². The van der Waals surface area contributed by atoms with Gasteiger partial charge in [0.05, 0.1) is 12.8 Å². The van der Waals surface area contributed by atoms with E-state index in [0.717, 1.165) is 19.3 Å². The zero-order valence-electron chi connectivity index (χ0n) is 22.6. The lowest BCUT2D eigenvalue weighted by Gasteiger charge is -2.51. The number of hydrogen-bond acceptors (Lipinski definition) is 7. The number of urea groups is 1. The van der Waals surface area contributed by atoms with Crippen molar-refractivity contribution in [2.75, 3.05) is 51.3 Å². The highest BCUT2D eigenvalue weighted by Gasteiger charge is 2.46. The Labute approximate surface area is 223 Å². The summed E-state index contributed by atoms with van der Waals surface area (Å²) in [5.74, 6) is -0.137. The number of nitrogens with one attached hydrogen (secondary N) is 1. The average molecular weight is 531 g/mol. The van der Waals surface area contributed by atoms with E-state index in [-0.39, 0.29) is 48.8 Å². The molecule has 38 heavy (non-hydrogen) atoms. The zero-order chi connectivity index (χ0) is 27.7. The molecule has 2 N–H and O–H groups in total. The summed E-state index contributed by atoms with van der Waals surface area (Å²) in [6, 6.07) is 4.43. The maximum atomic E-state index is 13.5. The van der Waals surface area contributed by atoms with E-state index in [2.05, 4.69) is 5.32 Å². The fraction of sp³-hybridized carbons (Fsp3) is 0.630. The average Bonchev–Trinajstić information content (AvgIpc) is 2.87. The highest BCUT2D eigenvalue weighted by molar-refractivity contribution is 6.07. The predicted octanol–water partition coefficient (Wildman–Crippen LogP) is 2.61. The Balaban J connectivity index is 1.43. The second-order valence-corrected chi connectivity index (χ2v) is 11.4. The Hall–Kier alpha value is -3.34. The van der Waals surface area contributed by atoms with Crippen molar-refractivity contribution in [1.29, 1.82) is 0 Å². The number of hydrogen-bond donors (Lipinski definition) is 2. The molecule has 5 amide bonds. The third-order valence-corrected chi connectivity index (χ3v) is 7.88. The Morgan fingerprint density at radius 3 is 2.32 bits per heavy atom. The summed E-state index contributed by atoms with van der Waals surface area (Å²) in [5, 5.41) is 12.5. The molecule has 3 fully saturated rings. The van der Waals surface area contributed by atoms with Gasteiger partial charge >= 0.3 is 12.1 Å². The second-order valence-electron chi connectivity index (χ2n) is 11.4. The predicted molar refractivity (Wildman–Crippen MR) is 139 cm³/mol. The molecule has 1 aromatic rings. The minimum Gasteiger partial charge on any atom is -0.495 e. The van der Waals surface area contributed by atoms with Gasteiger partial charge in [0.1, 0.15) is 11.4 Å². The SMILES string of the molecule is COc1ccc(C(=O)N2CCC3(CCN(C(=O)OC(C)(C)C)CC3CO)CC2)cc1N1CCC(=O)NC1=O. The van der Waals surface area contributed by atoms with Gasteiger partial charge in [0.25, 0.3) is 5.91 Å². The number of aliphatic hydroxyl groups excluding tert-OH is 1. The number of carbonyl (C=O) groups is 4. The monoisotopic (exact) mass is 530 g/mol. The van der Waals surface area contributed by atoms with E-state index in [9.17, 15) is 24.3 Å². The molecule has 11 nitrogen and oxygen atoms in total. The van der Waals surface area contributed by atoms with E-state index in [4.69, 9.17) is 9.47 Å². The topological polar surface area (TPSA) is 129 Å². The highest BCUT2D eigenvalue weighted by atomic mass is 16.6. The van der Waals surface area contributed by atoms with Gasteiger partial charge in [-0.2, -0.15) is 0 Å². The minimum atomic E-state index is -0.580. The van der Waals surface area contributed by atoms with Gasteiger partial charge in [0, 0.05) is 57.2 Å². The Morgan fingerprint density at radius 1 is 1.08 bits per heavy atom. The molecular formula is C27H38N4O7. The number of amides is 5. The van der Waals surface area contributed by atoms with Gasteiger partial charge in [-0.05, 0) is 63.6 Å². The standard InChI is InChI=1S/C27H38N4O7/c1-26(2,3)38-25(36)30-14-10-27(19(16-30)17-32)8-12-29(13-9-27)23(34)18-5-6-21(37-4)20(15-18)31-11-7-22(33)28-24(31)35/h5-6,15,19,32H,7-14,16-17H2,1-4H3,(H,28,33,35). The smallest absolute Gasteiger partial charge is 0.410 e. The summed E-state index contributed by atoms with van der Waals surface area (Å²) in [7, 11) is 1.49. The molecule has 1 spiro atoms. The van der Waals surface area contributed by atoms with Gasteiger partial charge in [-0.25, -0.2) is 9.59 Å². The first-order valence-electron chi connectivity index (χ1n) is 13.1. The summed E-state index contributed by atoms with van der Waals surface area (Å²) in [5.41, 5.74) is 0.142. The number of methoxy groups -OCH3 is 1. The third-order valence-electron chi connectivity index (χ3n) is 7.88. The van der Waals surface area contributed by atoms with E-state index in [1.807, 2.05) is 20.8 Å². The minimum absolute atomic E-state index is 0.0323. The molecule has 0 bridgehead atoms. The first-order valence-corrected chi connectivity index (χ1v) is 13.1. The number of carbonyl (C=O) groups excluding carboxylic acids is 4. The maximum absolute atomic E-state index is 13.5. The number of anilines is 1. The van der Waals surface area contributed by atoms with E-state index in [0.29, 0.717) is 43.2 Å². The summed E-state index contributed by atoms with van der Waals surface area (Å²) >= 11 is 0. The van der Waals surface area contributed by atoms with Crippen LogP contribution in [0.5, 0.6) is 5.75 Å². The van der Waals surface area contributed by atoms with Crippen LogP contribution in [0.4, 0.5) is 15.3 Å². The van der Waals surface area contributed by atoms with Crippen molar-refractivity contribution in [3.63, 3.8) is 0 Å². The number of imide groups is 1. The van der Waals surface area contributed by atoms with Crippen LogP contribution in [0.2, 0.25) is 0 Å². The van der Waals surface area contributed by atoms with Gasteiger partial charge in [-0.15, -0.1) is 0 Å². The van der Waals surface area contributed by atoms with Crippen LogP contribution < -0.4 is 15.0 Å². The van der Waals surface area contributed by atoms with E-state index in [1.54, 1.807) is 28.0 Å². The largest absolute Gasteiger partial charge is 0.495 e. The molecule has 3 aliphatic heterocycles. The highest BCUT2D eigenvalue weighted by Crippen LogP contribution is 2.45. The number of piperidine rings is 2. The van der Waals surface area contributed by atoms with Gasteiger partial charge in [0.2, 0.25) is 5.91 Å². The lowest BCUT2D eigenvalue weighted by molar-refractivity contribution is -0.120. The second kappa shape index (κ2) is 10.8. The molecule has 11 heteroatoms. The molecule has 3 aliphatic rings. The molecule has 0 radical (unpaired) electrons. The van der Waals surface area contributed by atoms with Gasteiger partial charge < -0.3 is 24.4 Å². The van der Waals surface area contributed by atoms with Crippen molar-refractivity contribution in [2.45, 2.75) is 52.1 Å². The molecule has 4 rings (SSSR count). The van der Waals surface area contributed by atoms with Crippen molar-refractivity contribution in [1.82, 2.24) is 15.1 Å². The summed E-state index contributed by atoms with van der Waals surface area (Å²) in [6.45, 7) is 7.72. The third kappa shape index (κ3) is 5.72. The van der Waals surface area contributed by atoms with Crippen LogP contribution in [-0.2, 0) is 9.53 Å². The normalized spacial score (nSPS) is 21.8.